The van der Waals surface area contributed by atoms with Gasteiger partial charge in [-0.3, -0.25) is 0 Å². The molecule has 2 rings (SSSR count). The van der Waals surface area contributed by atoms with Crippen LogP contribution in [0.2, 0.25) is 0 Å². The average Bonchev–Trinajstić information content (AvgIpc) is 2.84. The number of furan rings is 1. The predicted molar refractivity (Wildman–Crippen MR) is 59.9 cm³/mol. The van der Waals surface area contributed by atoms with E-state index in [1.54, 1.807) is 18.5 Å². The topological polar surface area (TPSA) is 76.2 Å². The largest absolute Gasteiger partial charge is 0.475 e. The summed E-state index contributed by atoms with van der Waals surface area (Å²) in [7, 11) is 0. The SMILES string of the molecule is Cc1oc(C(=O)O)cc1CSc1nncs1. The van der Waals surface area contributed by atoms with Crippen molar-refractivity contribution in [2.45, 2.75) is 17.0 Å². The molecule has 0 atom stereocenters. The number of carbonyl (C=O) groups is 1. The molecule has 0 bridgehead atoms. The zero-order valence-electron chi connectivity index (χ0n) is 8.34. The summed E-state index contributed by atoms with van der Waals surface area (Å²) in [5.41, 5.74) is 2.53. The van der Waals surface area contributed by atoms with E-state index >= 15 is 0 Å². The Labute approximate surface area is 99.5 Å². The molecule has 0 saturated carbocycles. The molecule has 0 aliphatic rings. The highest BCUT2D eigenvalue weighted by Gasteiger charge is 2.13. The maximum atomic E-state index is 10.7. The Bertz CT molecular complexity index is 493. The van der Waals surface area contributed by atoms with E-state index in [0.717, 1.165) is 9.90 Å². The third-order valence-electron chi connectivity index (χ3n) is 1.92. The van der Waals surface area contributed by atoms with E-state index in [4.69, 9.17) is 9.52 Å². The number of carboxylic acids is 1. The number of aromatic carboxylic acids is 1. The van der Waals surface area contributed by atoms with Crippen LogP contribution in [0.4, 0.5) is 0 Å². The second-order valence-electron chi connectivity index (χ2n) is 2.99. The van der Waals surface area contributed by atoms with Crippen molar-refractivity contribution >= 4 is 29.1 Å². The summed E-state index contributed by atoms with van der Waals surface area (Å²) in [5, 5.41) is 16.4. The van der Waals surface area contributed by atoms with Crippen LogP contribution in [0.5, 0.6) is 0 Å². The van der Waals surface area contributed by atoms with Crippen molar-refractivity contribution in [3.8, 4) is 0 Å². The summed E-state index contributed by atoms with van der Waals surface area (Å²) < 4.78 is 5.96. The Morgan fingerprint density at radius 2 is 2.50 bits per heavy atom. The van der Waals surface area contributed by atoms with Crippen LogP contribution in [0.15, 0.2) is 20.3 Å². The molecule has 5 nitrogen and oxygen atoms in total. The van der Waals surface area contributed by atoms with Crippen molar-refractivity contribution in [1.82, 2.24) is 10.2 Å². The third-order valence-corrected chi connectivity index (χ3v) is 3.83. The van der Waals surface area contributed by atoms with Crippen LogP contribution in [-0.4, -0.2) is 21.3 Å². The van der Waals surface area contributed by atoms with Crippen molar-refractivity contribution in [2.24, 2.45) is 0 Å². The smallest absolute Gasteiger partial charge is 0.371 e. The zero-order chi connectivity index (χ0) is 11.5. The fourth-order valence-electron chi connectivity index (χ4n) is 1.13. The molecule has 1 N–H and O–H groups in total. The third kappa shape index (κ3) is 2.42. The van der Waals surface area contributed by atoms with Crippen LogP contribution in [0.3, 0.4) is 0 Å². The molecule has 0 amide bonds. The number of thioether (sulfide) groups is 1. The number of rotatable bonds is 4. The van der Waals surface area contributed by atoms with Crippen molar-refractivity contribution in [3.63, 3.8) is 0 Å². The molecule has 16 heavy (non-hydrogen) atoms. The molecule has 0 unspecified atom stereocenters. The first-order valence-electron chi connectivity index (χ1n) is 4.38. The monoisotopic (exact) mass is 256 g/mol. The summed E-state index contributed by atoms with van der Waals surface area (Å²) in [4.78, 5) is 10.7. The van der Waals surface area contributed by atoms with E-state index in [0.29, 0.717) is 11.5 Å². The Morgan fingerprint density at radius 3 is 3.06 bits per heavy atom. The van der Waals surface area contributed by atoms with Gasteiger partial charge in [0.05, 0.1) is 0 Å². The second kappa shape index (κ2) is 4.67. The van der Waals surface area contributed by atoms with Crippen LogP contribution in [0, 0.1) is 6.92 Å². The van der Waals surface area contributed by atoms with Crippen molar-refractivity contribution in [1.29, 1.82) is 0 Å². The minimum Gasteiger partial charge on any atom is -0.475 e. The Kier molecular flexibility index (Phi) is 3.25. The summed E-state index contributed by atoms with van der Waals surface area (Å²) in [6.45, 7) is 1.75. The van der Waals surface area contributed by atoms with Crippen molar-refractivity contribution in [2.75, 3.05) is 0 Å². The number of carboxylic acid groups (broad SMARTS) is 1. The van der Waals surface area contributed by atoms with Gasteiger partial charge in [-0.2, -0.15) is 0 Å². The molecule has 0 radical (unpaired) electrons. The van der Waals surface area contributed by atoms with Gasteiger partial charge < -0.3 is 9.52 Å². The Hall–Kier alpha value is -1.34. The zero-order valence-corrected chi connectivity index (χ0v) is 9.97. The predicted octanol–water partition coefficient (Wildman–Crippen LogP) is 2.43. The van der Waals surface area contributed by atoms with E-state index in [9.17, 15) is 4.79 Å². The van der Waals surface area contributed by atoms with Crippen LogP contribution >= 0.6 is 23.1 Å². The van der Waals surface area contributed by atoms with Gasteiger partial charge in [-0.05, 0) is 13.0 Å². The first-order valence-corrected chi connectivity index (χ1v) is 6.25. The van der Waals surface area contributed by atoms with Gasteiger partial charge in [0, 0.05) is 11.3 Å². The lowest BCUT2D eigenvalue weighted by Gasteiger charge is -1.94. The highest BCUT2D eigenvalue weighted by atomic mass is 32.2. The molecular formula is C9H8N2O3S2. The first-order chi connectivity index (χ1) is 7.66. The van der Waals surface area contributed by atoms with E-state index in [-0.39, 0.29) is 5.76 Å². The molecule has 7 heteroatoms. The quantitative estimate of drug-likeness (QED) is 0.847. The molecule has 0 saturated heterocycles. The van der Waals surface area contributed by atoms with Gasteiger partial charge in [0.15, 0.2) is 4.34 Å². The molecule has 0 fully saturated rings. The molecule has 2 aromatic heterocycles. The number of nitrogens with zero attached hydrogens (tertiary/aromatic N) is 2. The highest BCUT2D eigenvalue weighted by molar-refractivity contribution is 8.00. The standard InChI is InChI=1S/C9H8N2O3S2/c1-5-6(2-7(14-5)8(12)13)3-15-9-11-10-4-16-9/h2,4H,3H2,1H3,(H,12,13). The lowest BCUT2D eigenvalue weighted by atomic mass is 10.3. The van der Waals surface area contributed by atoms with Gasteiger partial charge in [0.1, 0.15) is 11.3 Å². The van der Waals surface area contributed by atoms with Gasteiger partial charge in [-0.1, -0.05) is 23.1 Å². The van der Waals surface area contributed by atoms with Crippen molar-refractivity contribution < 1.29 is 14.3 Å². The van der Waals surface area contributed by atoms with Gasteiger partial charge >= 0.3 is 5.97 Å². The molecule has 2 aromatic rings. The number of hydrogen-bond donors (Lipinski definition) is 1. The minimum atomic E-state index is -1.05. The Balaban J connectivity index is 2.07. The summed E-state index contributed by atoms with van der Waals surface area (Å²) in [5.74, 6) is 0.202. The fourth-order valence-corrected chi connectivity index (χ4v) is 2.66. The lowest BCUT2D eigenvalue weighted by molar-refractivity contribution is 0.0661. The second-order valence-corrected chi connectivity index (χ2v) is 5.05. The van der Waals surface area contributed by atoms with Crippen LogP contribution < -0.4 is 0 Å². The maximum absolute atomic E-state index is 10.7. The van der Waals surface area contributed by atoms with Crippen LogP contribution in [0.25, 0.3) is 0 Å². The minimum absolute atomic E-state index is 0.0228. The maximum Gasteiger partial charge on any atom is 0.371 e. The number of hydrogen-bond acceptors (Lipinski definition) is 6. The number of aromatic nitrogens is 2. The molecule has 2 heterocycles. The molecule has 0 spiro atoms. The lowest BCUT2D eigenvalue weighted by Crippen LogP contribution is -1.91. The van der Waals surface area contributed by atoms with E-state index in [2.05, 4.69) is 10.2 Å². The van der Waals surface area contributed by atoms with Gasteiger partial charge in [-0.25, -0.2) is 4.79 Å². The van der Waals surface area contributed by atoms with Gasteiger partial charge in [0.25, 0.3) is 0 Å². The summed E-state index contributed by atoms with van der Waals surface area (Å²) in [6.07, 6.45) is 0. The normalized spacial score (nSPS) is 10.6. The Morgan fingerprint density at radius 1 is 1.69 bits per heavy atom. The van der Waals surface area contributed by atoms with E-state index in [1.807, 2.05) is 0 Å². The van der Waals surface area contributed by atoms with Crippen LogP contribution in [-0.2, 0) is 5.75 Å². The van der Waals surface area contributed by atoms with E-state index < -0.39 is 5.97 Å². The van der Waals surface area contributed by atoms with Crippen molar-refractivity contribution in [3.05, 3.63) is 28.7 Å². The van der Waals surface area contributed by atoms with E-state index in [1.165, 1.54) is 23.1 Å². The average molecular weight is 256 g/mol. The molecular weight excluding hydrogens is 248 g/mol. The fraction of sp³-hybridized carbons (Fsp3) is 0.222. The highest BCUT2D eigenvalue weighted by Crippen LogP contribution is 2.26. The number of aryl methyl sites for hydroxylation is 1. The summed E-state index contributed by atoms with van der Waals surface area (Å²) in [6, 6.07) is 1.55. The van der Waals surface area contributed by atoms with Gasteiger partial charge in [0.2, 0.25) is 5.76 Å². The molecule has 0 aliphatic heterocycles. The molecule has 84 valence electrons. The molecule has 0 aromatic carbocycles. The molecule has 0 aliphatic carbocycles. The summed E-state index contributed by atoms with van der Waals surface area (Å²) >= 11 is 2.97. The van der Waals surface area contributed by atoms with Crippen LogP contribution in [0.1, 0.15) is 21.9 Å². The first kappa shape index (κ1) is 11.2. The van der Waals surface area contributed by atoms with Gasteiger partial charge in [-0.15, -0.1) is 10.2 Å².